The third kappa shape index (κ3) is 4.92. The topological polar surface area (TPSA) is 75.9 Å². The van der Waals surface area contributed by atoms with Crippen LogP contribution < -0.4 is 15.8 Å². The Labute approximate surface area is 198 Å². The summed E-state index contributed by atoms with van der Waals surface area (Å²) in [6.45, 7) is 3.75. The molecule has 0 saturated carbocycles. The van der Waals surface area contributed by atoms with Crippen molar-refractivity contribution in [2.75, 3.05) is 31.1 Å². The average molecular weight is 478 g/mol. The fourth-order valence-corrected chi connectivity index (χ4v) is 3.96. The van der Waals surface area contributed by atoms with Crippen LogP contribution in [0.15, 0.2) is 65.7 Å². The van der Waals surface area contributed by atoms with E-state index in [2.05, 4.69) is 25.3 Å². The van der Waals surface area contributed by atoms with Gasteiger partial charge in [0.25, 0.3) is 5.56 Å². The van der Waals surface area contributed by atoms with Crippen LogP contribution in [-0.4, -0.2) is 45.9 Å². The van der Waals surface area contributed by atoms with E-state index < -0.39 is 17.5 Å². The summed E-state index contributed by atoms with van der Waals surface area (Å²) in [5.41, 5.74) is 2.29. The Morgan fingerprint density at radius 1 is 0.886 bits per heavy atom. The molecule has 1 aliphatic rings. The van der Waals surface area contributed by atoms with Crippen molar-refractivity contribution >= 4 is 5.69 Å². The molecule has 0 radical (unpaired) electrons. The van der Waals surface area contributed by atoms with Crippen molar-refractivity contribution in [3.63, 3.8) is 0 Å². The van der Waals surface area contributed by atoms with Crippen LogP contribution in [-0.2, 0) is 6.54 Å². The molecule has 0 spiro atoms. The molecule has 7 nitrogen and oxygen atoms in total. The van der Waals surface area contributed by atoms with Gasteiger partial charge in [0.2, 0.25) is 0 Å². The van der Waals surface area contributed by atoms with Crippen LogP contribution in [0.5, 0.6) is 0 Å². The zero-order valence-corrected chi connectivity index (χ0v) is 18.6. The van der Waals surface area contributed by atoms with Crippen LogP contribution in [0, 0.1) is 17.5 Å². The predicted molar refractivity (Wildman–Crippen MR) is 125 cm³/mol. The SMILES string of the molecule is O=c1ccc(-c2cc(F)c(F)c(F)c2)nn1Cc1cccc(-c2ncc(N3CCNCC3)cn2)c1. The largest absolute Gasteiger partial charge is 0.366 e. The summed E-state index contributed by atoms with van der Waals surface area (Å²) in [4.78, 5) is 23.6. The van der Waals surface area contributed by atoms with Gasteiger partial charge in [0.15, 0.2) is 23.3 Å². The van der Waals surface area contributed by atoms with Crippen LogP contribution in [0.2, 0.25) is 0 Å². The molecule has 0 unspecified atom stereocenters. The van der Waals surface area contributed by atoms with Crippen LogP contribution >= 0.6 is 0 Å². The Balaban J connectivity index is 1.39. The van der Waals surface area contributed by atoms with Crippen molar-refractivity contribution in [1.29, 1.82) is 0 Å². The highest BCUT2D eigenvalue weighted by Crippen LogP contribution is 2.22. The Hall–Kier alpha value is -4.05. The number of anilines is 1. The Kier molecular flexibility index (Phi) is 6.28. The molecule has 35 heavy (non-hydrogen) atoms. The summed E-state index contributed by atoms with van der Waals surface area (Å²) in [6, 6.07) is 11.7. The summed E-state index contributed by atoms with van der Waals surface area (Å²) < 4.78 is 41.8. The van der Waals surface area contributed by atoms with Crippen LogP contribution in [0.3, 0.4) is 0 Å². The average Bonchev–Trinajstić information content (AvgIpc) is 2.89. The molecule has 178 valence electrons. The molecule has 1 fully saturated rings. The van der Waals surface area contributed by atoms with E-state index in [-0.39, 0.29) is 23.4 Å². The first-order valence-electron chi connectivity index (χ1n) is 11.1. The number of rotatable bonds is 5. The molecule has 1 aliphatic heterocycles. The first-order chi connectivity index (χ1) is 17.0. The quantitative estimate of drug-likeness (QED) is 0.444. The molecular weight excluding hydrogens is 457 g/mol. The first-order valence-corrected chi connectivity index (χ1v) is 11.1. The molecule has 10 heteroatoms. The Morgan fingerprint density at radius 3 is 2.31 bits per heavy atom. The summed E-state index contributed by atoms with van der Waals surface area (Å²) in [5, 5.41) is 7.53. The zero-order valence-electron chi connectivity index (χ0n) is 18.6. The molecule has 1 saturated heterocycles. The molecular formula is C25H21F3N6O. The zero-order chi connectivity index (χ0) is 24.4. The highest BCUT2D eigenvalue weighted by Gasteiger charge is 2.14. The normalized spacial score (nSPS) is 13.7. The summed E-state index contributed by atoms with van der Waals surface area (Å²) >= 11 is 0. The van der Waals surface area contributed by atoms with Gasteiger partial charge in [-0.3, -0.25) is 4.79 Å². The van der Waals surface area contributed by atoms with Crippen molar-refractivity contribution in [3.05, 3.63) is 94.3 Å². The number of hydrogen-bond acceptors (Lipinski definition) is 6. The van der Waals surface area contributed by atoms with Crippen molar-refractivity contribution in [2.45, 2.75) is 6.54 Å². The van der Waals surface area contributed by atoms with E-state index in [0.29, 0.717) is 5.82 Å². The monoisotopic (exact) mass is 478 g/mol. The van der Waals surface area contributed by atoms with Crippen LogP contribution in [0.4, 0.5) is 18.9 Å². The molecule has 4 aromatic rings. The van der Waals surface area contributed by atoms with Gasteiger partial charge in [0.1, 0.15) is 0 Å². The number of hydrogen-bond donors (Lipinski definition) is 1. The minimum atomic E-state index is -1.55. The van der Waals surface area contributed by atoms with Crippen LogP contribution in [0.25, 0.3) is 22.6 Å². The number of nitrogens with one attached hydrogen (secondary N) is 1. The maximum atomic E-state index is 13.7. The van der Waals surface area contributed by atoms with Gasteiger partial charge in [-0.2, -0.15) is 5.10 Å². The Morgan fingerprint density at radius 2 is 1.60 bits per heavy atom. The van der Waals surface area contributed by atoms with Gasteiger partial charge in [-0.15, -0.1) is 0 Å². The third-order valence-corrected chi connectivity index (χ3v) is 5.78. The lowest BCUT2D eigenvalue weighted by Gasteiger charge is -2.28. The van der Waals surface area contributed by atoms with Gasteiger partial charge in [-0.05, 0) is 29.8 Å². The van der Waals surface area contributed by atoms with Gasteiger partial charge in [0.05, 0.1) is 30.3 Å². The third-order valence-electron chi connectivity index (χ3n) is 5.78. The molecule has 3 heterocycles. The molecule has 0 bridgehead atoms. The van der Waals surface area contributed by atoms with Gasteiger partial charge < -0.3 is 10.2 Å². The predicted octanol–water partition coefficient (Wildman–Crippen LogP) is 3.24. The first kappa shape index (κ1) is 22.7. The van der Waals surface area contributed by atoms with Crippen molar-refractivity contribution in [2.24, 2.45) is 0 Å². The van der Waals surface area contributed by atoms with Gasteiger partial charge in [-0.25, -0.2) is 27.8 Å². The second-order valence-electron chi connectivity index (χ2n) is 8.17. The van der Waals surface area contributed by atoms with E-state index in [1.807, 2.05) is 24.3 Å². The molecule has 1 N–H and O–H groups in total. The van der Waals surface area contributed by atoms with Crippen molar-refractivity contribution in [3.8, 4) is 22.6 Å². The van der Waals surface area contributed by atoms with Gasteiger partial charge in [-0.1, -0.05) is 18.2 Å². The van der Waals surface area contributed by atoms with Gasteiger partial charge >= 0.3 is 0 Å². The Bertz CT molecular complexity index is 1390. The van der Waals surface area contributed by atoms with E-state index >= 15 is 0 Å². The lowest BCUT2D eigenvalue weighted by Crippen LogP contribution is -2.43. The van der Waals surface area contributed by atoms with E-state index in [9.17, 15) is 18.0 Å². The molecule has 0 aliphatic carbocycles. The molecule has 5 rings (SSSR count). The maximum Gasteiger partial charge on any atom is 0.267 e. The number of benzene rings is 2. The lowest BCUT2D eigenvalue weighted by molar-refractivity contribution is 0.447. The second-order valence-corrected chi connectivity index (χ2v) is 8.17. The minimum absolute atomic E-state index is 0.0295. The molecule has 0 atom stereocenters. The van der Waals surface area contributed by atoms with E-state index in [1.165, 1.54) is 16.8 Å². The number of aromatic nitrogens is 4. The molecule has 2 aromatic carbocycles. The summed E-state index contributed by atoms with van der Waals surface area (Å²) in [6.07, 6.45) is 3.60. The van der Waals surface area contributed by atoms with Crippen molar-refractivity contribution in [1.82, 2.24) is 25.1 Å². The standard InChI is InChI=1S/C25H21F3N6O/c26-20-11-18(12-21(27)24(20)28)22-4-5-23(35)34(32-22)15-16-2-1-3-17(10-16)25-30-13-19(14-31-25)33-8-6-29-7-9-33/h1-5,10-14,29H,6-9,15H2. The molecule has 2 aromatic heterocycles. The maximum absolute atomic E-state index is 13.7. The number of nitrogens with zero attached hydrogens (tertiary/aromatic N) is 5. The highest BCUT2D eigenvalue weighted by atomic mass is 19.2. The number of piperazine rings is 1. The van der Waals surface area contributed by atoms with Crippen LogP contribution in [0.1, 0.15) is 5.56 Å². The smallest absolute Gasteiger partial charge is 0.267 e. The summed E-state index contributed by atoms with van der Waals surface area (Å²) in [5.74, 6) is -3.65. The minimum Gasteiger partial charge on any atom is -0.366 e. The highest BCUT2D eigenvalue weighted by molar-refractivity contribution is 5.59. The number of halogens is 3. The van der Waals surface area contributed by atoms with Crippen molar-refractivity contribution < 1.29 is 13.2 Å². The van der Waals surface area contributed by atoms with E-state index in [4.69, 9.17) is 0 Å². The fraction of sp³-hybridized carbons (Fsp3) is 0.200. The van der Waals surface area contributed by atoms with Gasteiger partial charge in [0, 0.05) is 43.4 Å². The van der Waals surface area contributed by atoms with E-state index in [0.717, 1.165) is 55.1 Å². The molecule has 0 amide bonds. The fourth-order valence-electron chi connectivity index (χ4n) is 3.96. The lowest BCUT2D eigenvalue weighted by atomic mass is 10.1. The summed E-state index contributed by atoms with van der Waals surface area (Å²) in [7, 11) is 0. The second kappa shape index (κ2) is 9.67. The van der Waals surface area contributed by atoms with E-state index in [1.54, 1.807) is 12.4 Å².